The van der Waals surface area contributed by atoms with Crippen molar-refractivity contribution in [2.24, 2.45) is 5.92 Å². The molecule has 6 nitrogen and oxygen atoms in total. The van der Waals surface area contributed by atoms with E-state index in [4.69, 9.17) is 21.4 Å². The summed E-state index contributed by atoms with van der Waals surface area (Å²) in [5, 5.41) is 12.1. The highest BCUT2D eigenvalue weighted by molar-refractivity contribution is 6.32. The molecule has 1 heterocycles. The van der Waals surface area contributed by atoms with E-state index in [-0.39, 0.29) is 18.3 Å². The first-order valence-electron chi connectivity index (χ1n) is 5.59. The Morgan fingerprint density at radius 3 is 2.94 bits per heavy atom. The third kappa shape index (κ3) is 4.37. The molecule has 0 aliphatic rings. The molecule has 0 bridgehead atoms. The highest BCUT2D eigenvalue weighted by Gasteiger charge is 2.12. The van der Waals surface area contributed by atoms with E-state index in [0.717, 1.165) is 6.42 Å². The molecule has 0 saturated heterocycles. The Bertz CT molecular complexity index is 415. The maximum absolute atomic E-state index is 10.6. The maximum atomic E-state index is 10.6. The number of carboxylic acids is 1. The first-order chi connectivity index (χ1) is 8.56. The van der Waals surface area contributed by atoms with Crippen LogP contribution in [0.15, 0.2) is 6.20 Å². The van der Waals surface area contributed by atoms with Gasteiger partial charge in [-0.05, 0) is 5.92 Å². The summed E-state index contributed by atoms with van der Waals surface area (Å²) in [5.74, 6) is -0.332. The lowest BCUT2D eigenvalue weighted by Gasteiger charge is -2.14. The molecular formula is C11H16ClN3O3. The fourth-order valence-corrected chi connectivity index (χ4v) is 1.58. The van der Waals surface area contributed by atoms with Crippen LogP contribution in [0.25, 0.3) is 0 Å². The van der Waals surface area contributed by atoms with Gasteiger partial charge in [-0.2, -0.15) is 4.98 Å². The third-order valence-electron chi connectivity index (χ3n) is 2.50. The zero-order chi connectivity index (χ0) is 13.5. The van der Waals surface area contributed by atoms with Gasteiger partial charge in [0.1, 0.15) is 5.02 Å². The third-order valence-corrected chi connectivity index (χ3v) is 2.78. The summed E-state index contributed by atoms with van der Waals surface area (Å²) in [5.41, 5.74) is 0. The van der Waals surface area contributed by atoms with Crippen LogP contribution in [0.4, 0.5) is 5.82 Å². The number of rotatable bonds is 7. The number of nitrogens with one attached hydrogen (secondary N) is 1. The summed E-state index contributed by atoms with van der Waals surface area (Å²) < 4.78 is 4.89. The lowest BCUT2D eigenvalue weighted by atomic mass is 10.0. The van der Waals surface area contributed by atoms with Crippen molar-refractivity contribution in [3.05, 3.63) is 11.2 Å². The number of carboxylic acid groups (broad SMARTS) is 1. The second kappa shape index (κ2) is 7.00. The van der Waals surface area contributed by atoms with E-state index in [2.05, 4.69) is 15.3 Å². The molecule has 0 amide bonds. The molecule has 7 heteroatoms. The minimum atomic E-state index is -0.810. The van der Waals surface area contributed by atoms with Crippen molar-refractivity contribution < 1.29 is 14.6 Å². The quantitative estimate of drug-likeness (QED) is 0.791. The standard InChI is InChI=1S/C11H16ClN3O3/c1-3-7(4-9(16)17)5-13-10-8(12)6-14-11(15-10)18-2/h6-7H,3-5H2,1-2H3,(H,16,17)(H,13,14,15). The summed E-state index contributed by atoms with van der Waals surface area (Å²) in [6.07, 6.45) is 2.32. The van der Waals surface area contributed by atoms with E-state index < -0.39 is 5.97 Å². The Balaban J connectivity index is 2.63. The molecule has 0 radical (unpaired) electrons. The molecule has 100 valence electrons. The SMILES string of the molecule is CCC(CNc1nc(OC)ncc1Cl)CC(=O)O. The van der Waals surface area contributed by atoms with Crippen LogP contribution in [-0.4, -0.2) is 34.7 Å². The highest BCUT2D eigenvalue weighted by atomic mass is 35.5. The van der Waals surface area contributed by atoms with Crippen molar-refractivity contribution in [3.63, 3.8) is 0 Å². The van der Waals surface area contributed by atoms with Gasteiger partial charge in [-0.25, -0.2) is 4.98 Å². The zero-order valence-electron chi connectivity index (χ0n) is 10.3. The van der Waals surface area contributed by atoms with E-state index in [1.54, 1.807) is 0 Å². The Hall–Kier alpha value is -1.56. The largest absolute Gasteiger partial charge is 0.481 e. The Morgan fingerprint density at radius 1 is 1.67 bits per heavy atom. The summed E-state index contributed by atoms with van der Waals surface area (Å²) >= 11 is 5.93. The number of carbonyl (C=O) groups is 1. The molecule has 1 unspecified atom stereocenters. The number of anilines is 1. The zero-order valence-corrected chi connectivity index (χ0v) is 11.1. The van der Waals surface area contributed by atoms with Gasteiger partial charge in [-0.3, -0.25) is 4.79 Å². The fraction of sp³-hybridized carbons (Fsp3) is 0.545. The van der Waals surface area contributed by atoms with Crippen LogP contribution in [0.5, 0.6) is 6.01 Å². The number of nitrogens with zero attached hydrogens (tertiary/aromatic N) is 2. The maximum Gasteiger partial charge on any atom is 0.318 e. The van der Waals surface area contributed by atoms with Gasteiger partial charge in [0.05, 0.1) is 13.3 Å². The number of aromatic nitrogens is 2. The normalized spacial score (nSPS) is 11.9. The fourth-order valence-electron chi connectivity index (χ4n) is 1.42. The highest BCUT2D eigenvalue weighted by Crippen LogP contribution is 2.21. The van der Waals surface area contributed by atoms with Crippen LogP contribution in [0.3, 0.4) is 0 Å². The molecule has 1 aromatic heterocycles. The summed E-state index contributed by atoms with van der Waals surface area (Å²) in [6, 6.07) is 0.216. The van der Waals surface area contributed by atoms with E-state index in [1.165, 1.54) is 13.3 Å². The lowest BCUT2D eigenvalue weighted by Crippen LogP contribution is -2.18. The van der Waals surface area contributed by atoms with Gasteiger partial charge >= 0.3 is 12.0 Å². The van der Waals surface area contributed by atoms with Crippen LogP contribution in [0.2, 0.25) is 5.02 Å². The molecule has 1 aromatic rings. The minimum Gasteiger partial charge on any atom is -0.481 e. The number of aliphatic carboxylic acids is 1. The average molecular weight is 274 g/mol. The molecule has 0 aliphatic carbocycles. The second-order valence-electron chi connectivity index (χ2n) is 3.81. The van der Waals surface area contributed by atoms with E-state index >= 15 is 0 Å². The predicted molar refractivity (Wildman–Crippen MR) is 68.1 cm³/mol. The molecule has 0 aliphatic heterocycles. The summed E-state index contributed by atoms with van der Waals surface area (Å²) in [7, 11) is 1.46. The molecule has 18 heavy (non-hydrogen) atoms. The first kappa shape index (κ1) is 14.5. The van der Waals surface area contributed by atoms with E-state index in [9.17, 15) is 4.79 Å². The minimum absolute atomic E-state index is 0.0273. The van der Waals surface area contributed by atoms with Gasteiger partial charge in [-0.1, -0.05) is 24.9 Å². The summed E-state index contributed by atoms with van der Waals surface area (Å²) in [4.78, 5) is 18.6. The van der Waals surface area contributed by atoms with Crippen LogP contribution in [0, 0.1) is 5.92 Å². The van der Waals surface area contributed by atoms with Crippen molar-refractivity contribution in [1.82, 2.24) is 9.97 Å². The number of ether oxygens (including phenoxy) is 1. The van der Waals surface area contributed by atoms with Crippen LogP contribution in [-0.2, 0) is 4.79 Å². The molecule has 0 spiro atoms. The molecule has 1 rings (SSSR count). The molecular weight excluding hydrogens is 258 g/mol. The van der Waals surface area contributed by atoms with Crippen molar-refractivity contribution in [1.29, 1.82) is 0 Å². The van der Waals surface area contributed by atoms with E-state index in [1.807, 2.05) is 6.92 Å². The van der Waals surface area contributed by atoms with Crippen LogP contribution in [0.1, 0.15) is 19.8 Å². The predicted octanol–water partition coefficient (Wildman–Crippen LogP) is 2.05. The van der Waals surface area contributed by atoms with Crippen LogP contribution >= 0.6 is 11.6 Å². The van der Waals surface area contributed by atoms with Crippen molar-refractivity contribution in [2.45, 2.75) is 19.8 Å². The number of halogens is 1. The van der Waals surface area contributed by atoms with Gasteiger partial charge < -0.3 is 15.2 Å². The van der Waals surface area contributed by atoms with Gasteiger partial charge in [0.15, 0.2) is 5.82 Å². The second-order valence-corrected chi connectivity index (χ2v) is 4.21. The molecule has 1 atom stereocenters. The lowest BCUT2D eigenvalue weighted by molar-refractivity contribution is -0.138. The van der Waals surface area contributed by atoms with Gasteiger partial charge in [-0.15, -0.1) is 0 Å². The molecule has 0 saturated carbocycles. The van der Waals surface area contributed by atoms with Crippen molar-refractivity contribution >= 4 is 23.4 Å². The number of hydrogen-bond acceptors (Lipinski definition) is 5. The smallest absolute Gasteiger partial charge is 0.318 e. The molecule has 0 aromatic carbocycles. The Labute approximate surface area is 110 Å². The average Bonchev–Trinajstić information content (AvgIpc) is 2.35. The van der Waals surface area contributed by atoms with Gasteiger partial charge in [0, 0.05) is 13.0 Å². The van der Waals surface area contributed by atoms with E-state index in [0.29, 0.717) is 17.4 Å². The first-order valence-corrected chi connectivity index (χ1v) is 5.96. The Morgan fingerprint density at radius 2 is 2.39 bits per heavy atom. The van der Waals surface area contributed by atoms with Crippen molar-refractivity contribution in [3.8, 4) is 6.01 Å². The van der Waals surface area contributed by atoms with Gasteiger partial charge in [0.2, 0.25) is 0 Å². The molecule has 2 N–H and O–H groups in total. The molecule has 0 fully saturated rings. The Kier molecular flexibility index (Phi) is 5.64. The monoisotopic (exact) mass is 273 g/mol. The van der Waals surface area contributed by atoms with Gasteiger partial charge in [0.25, 0.3) is 0 Å². The number of hydrogen-bond donors (Lipinski definition) is 2. The van der Waals surface area contributed by atoms with Crippen molar-refractivity contribution in [2.75, 3.05) is 19.0 Å². The number of methoxy groups -OCH3 is 1. The topological polar surface area (TPSA) is 84.3 Å². The van der Waals surface area contributed by atoms with Crippen LogP contribution < -0.4 is 10.1 Å². The summed E-state index contributed by atoms with van der Waals surface area (Å²) in [6.45, 7) is 2.43.